The Hall–Kier alpha value is -1.13. The lowest BCUT2D eigenvalue weighted by Gasteiger charge is -2.17. The highest BCUT2D eigenvalue weighted by molar-refractivity contribution is 5.28. The van der Waals surface area contributed by atoms with Gasteiger partial charge in [-0.1, -0.05) is 12.5 Å². The Morgan fingerprint density at radius 2 is 2.11 bits per heavy atom. The SMILES string of the molecule is COc1ccc(COCC2CCCC2CN)c(F)c1. The molecule has 3 nitrogen and oxygen atoms in total. The zero-order chi connectivity index (χ0) is 13.7. The first-order chi connectivity index (χ1) is 9.24. The molecule has 1 saturated carbocycles. The highest BCUT2D eigenvalue weighted by atomic mass is 19.1. The number of rotatable bonds is 6. The van der Waals surface area contributed by atoms with Gasteiger partial charge in [-0.2, -0.15) is 0 Å². The van der Waals surface area contributed by atoms with Gasteiger partial charge < -0.3 is 15.2 Å². The molecule has 4 heteroatoms. The molecule has 2 rings (SSSR count). The van der Waals surface area contributed by atoms with Crippen LogP contribution in [0.2, 0.25) is 0 Å². The molecule has 0 radical (unpaired) electrons. The molecule has 1 fully saturated rings. The molecule has 0 amide bonds. The van der Waals surface area contributed by atoms with Crippen LogP contribution in [0.5, 0.6) is 5.75 Å². The fraction of sp³-hybridized carbons (Fsp3) is 0.600. The molecule has 0 aromatic heterocycles. The summed E-state index contributed by atoms with van der Waals surface area (Å²) in [7, 11) is 1.53. The second-order valence-corrected chi connectivity index (χ2v) is 5.16. The van der Waals surface area contributed by atoms with Crippen LogP contribution < -0.4 is 10.5 Å². The molecule has 0 saturated heterocycles. The number of hydrogen-bond donors (Lipinski definition) is 1. The van der Waals surface area contributed by atoms with E-state index in [-0.39, 0.29) is 5.82 Å². The lowest BCUT2D eigenvalue weighted by molar-refractivity contribution is 0.0736. The van der Waals surface area contributed by atoms with E-state index < -0.39 is 0 Å². The van der Waals surface area contributed by atoms with Crippen molar-refractivity contribution in [3.05, 3.63) is 29.6 Å². The maximum Gasteiger partial charge on any atom is 0.132 e. The zero-order valence-electron chi connectivity index (χ0n) is 11.4. The molecule has 2 unspecified atom stereocenters. The number of nitrogens with two attached hydrogens (primary N) is 1. The Balaban J connectivity index is 1.82. The smallest absolute Gasteiger partial charge is 0.132 e. The summed E-state index contributed by atoms with van der Waals surface area (Å²) in [6.45, 7) is 1.71. The van der Waals surface area contributed by atoms with Gasteiger partial charge in [-0.25, -0.2) is 4.39 Å². The molecule has 106 valence electrons. The first-order valence-electron chi connectivity index (χ1n) is 6.84. The van der Waals surface area contributed by atoms with Crippen LogP contribution >= 0.6 is 0 Å². The Kier molecular flexibility index (Phi) is 5.16. The minimum Gasteiger partial charge on any atom is -0.497 e. The van der Waals surface area contributed by atoms with Crippen LogP contribution in [0.4, 0.5) is 4.39 Å². The van der Waals surface area contributed by atoms with Gasteiger partial charge in [0.25, 0.3) is 0 Å². The van der Waals surface area contributed by atoms with Gasteiger partial charge >= 0.3 is 0 Å². The number of hydrogen-bond acceptors (Lipinski definition) is 3. The van der Waals surface area contributed by atoms with Crippen LogP contribution in [0.1, 0.15) is 24.8 Å². The van der Waals surface area contributed by atoms with Gasteiger partial charge in [0.1, 0.15) is 11.6 Å². The van der Waals surface area contributed by atoms with Crippen molar-refractivity contribution in [1.29, 1.82) is 0 Å². The van der Waals surface area contributed by atoms with Crippen molar-refractivity contribution >= 4 is 0 Å². The van der Waals surface area contributed by atoms with Crippen molar-refractivity contribution < 1.29 is 13.9 Å². The molecule has 1 aliphatic rings. The predicted octanol–water partition coefficient (Wildman–Crippen LogP) is 2.73. The van der Waals surface area contributed by atoms with Crippen LogP contribution in [-0.2, 0) is 11.3 Å². The summed E-state index contributed by atoms with van der Waals surface area (Å²) in [5.74, 6) is 1.36. The molecule has 19 heavy (non-hydrogen) atoms. The molecule has 1 aromatic rings. The van der Waals surface area contributed by atoms with E-state index in [1.807, 2.05) is 0 Å². The maximum atomic E-state index is 13.7. The highest BCUT2D eigenvalue weighted by Gasteiger charge is 2.26. The number of benzene rings is 1. The summed E-state index contributed by atoms with van der Waals surface area (Å²) in [5.41, 5.74) is 6.31. The van der Waals surface area contributed by atoms with Crippen molar-refractivity contribution in [1.82, 2.24) is 0 Å². The fourth-order valence-electron chi connectivity index (χ4n) is 2.74. The van der Waals surface area contributed by atoms with Crippen LogP contribution in [0.25, 0.3) is 0 Å². The summed E-state index contributed by atoms with van der Waals surface area (Å²) in [5, 5.41) is 0. The molecule has 0 heterocycles. The normalized spacial score (nSPS) is 22.7. The molecule has 1 aromatic carbocycles. The van der Waals surface area contributed by atoms with E-state index in [4.69, 9.17) is 15.2 Å². The average Bonchev–Trinajstić information content (AvgIpc) is 2.88. The van der Waals surface area contributed by atoms with Crippen LogP contribution in [0.3, 0.4) is 0 Å². The Morgan fingerprint density at radius 3 is 2.79 bits per heavy atom. The topological polar surface area (TPSA) is 44.5 Å². The van der Waals surface area contributed by atoms with E-state index >= 15 is 0 Å². The third-order valence-corrected chi connectivity index (χ3v) is 3.97. The minimum atomic E-state index is -0.277. The van der Waals surface area contributed by atoms with Gasteiger partial charge in [-0.3, -0.25) is 0 Å². The Labute approximate surface area is 113 Å². The third kappa shape index (κ3) is 3.67. The lowest BCUT2D eigenvalue weighted by Crippen LogP contribution is -2.22. The first-order valence-corrected chi connectivity index (χ1v) is 6.84. The molecule has 0 spiro atoms. The molecular formula is C15H22FNO2. The van der Waals surface area contributed by atoms with Gasteiger partial charge in [-0.05, 0) is 37.3 Å². The number of halogens is 1. The summed E-state index contributed by atoms with van der Waals surface area (Å²) >= 11 is 0. The quantitative estimate of drug-likeness (QED) is 0.862. The van der Waals surface area contributed by atoms with Crippen LogP contribution in [0.15, 0.2) is 18.2 Å². The molecule has 1 aliphatic carbocycles. The summed E-state index contributed by atoms with van der Waals surface area (Å²) in [4.78, 5) is 0. The Morgan fingerprint density at radius 1 is 1.32 bits per heavy atom. The van der Waals surface area contributed by atoms with Crippen LogP contribution in [-0.4, -0.2) is 20.3 Å². The van der Waals surface area contributed by atoms with Crippen LogP contribution in [0, 0.1) is 17.7 Å². The summed E-state index contributed by atoms with van der Waals surface area (Å²) in [6.07, 6.45) is 3.60. The van der Waals surface area contributed by atoms with E-state index in [1.54, 1.807) is 12.1 Å². The average molecular weight is 267 g/mol. The van der Waals surface area contributed by atoms with Gasteiger partial charge in [0, 0.05) is 11.6 Å². The zero-order valence-corrected chi connectivity index (χ0v) is 11.4. The van der Waals surface area contributed by atoms with Gasteiger partial charge in [-0.15, -0.1) is 0 Å². The lowest BCUT2D eigenvalue weighted by atomic mass is 9.97. The van der Waals surface area contributed by atoms with Gasteiger partial charge in [0.2, 0.25) is 0 Å². The first kappa shape index (κ1) is 14.3. The standard InChI is InChI=1S/C15H22FNO2/c1-18-14-6-5-13(15(16)7-14)10-19-9-12-4-2-3-11(12)8-17/h5-7,11-12H,2-4,8-10,17H2,1H3. The molecular weight excluding hydrogens is 245 g/mol. The molecule has 2 N–H and O–H groups in total. The highest BCUT2D eigenvalue weighted by Crippen LogP contribution is 2.31. The van der Waals surface area contributed by atoms with E-state index in [0.717, 1.165) is 6.54 Å². The summed E-state index contributed by atoms with van der Waals surface area (Å²) in [6, 6.07) is 4.85. The monoisotopic (exact) mass is 267 g/mol. The largest absolute Gasteiger partial charge is 0.497 e. The van der Waals surface area contributed by atoms with E-state index in [0.29, 0.717) is 36.4 Å². The number of ether oxygens (including phenoxy) is 2. The predicted molar refractivity (Wildman–Crippen MR) is 72.5 cm³/mol. The van der Waals surface area contributed by atoms with Crippen molar-refractivity contribution in [3.8, 4) is 5.75 Å². The van der Waals surface area contributed by atoms with Crippen molar-refractivity contribution in [2.45, 2.75) is 25.9 Å². The van der Waals surface area contributed by atoms with Gasteiger partial charge in [0.15, 0.2) is 0 Å². The molecule has 0 bridgehead atoms. The van der Waals surface area contributed by atoms with E-state index in [9.17, 15) is 4.39 Å². The van der Waals surface area contributed by atoms with E-state index in [2.05, 4.69) is 0 Å². The second kappa shape index (κ2) is 6.87. The second-order valence-electron chi connectivity index (χ2n) is 5.16. The van der Waals surface area contributed by atoms with Crippen molar-refractivity contribution in [2.24, 2.45) is 17.6 Å². The number of methoxy groups -OCH3 is 1. The maximum absolute atomic E-state index is 13.7. The van der Waals surface area contributed by atoms with Crippen molar-refractivity contribution in [2.75, 3.05) is 20.3 Å². The molecule has 0 aliphatic heterocycles. The summed E-state index contributed by atoms with van der Waals surface area (Å²) < 4.78 is 24.3. The Bertz CT molecular complexity index is 411. The minimum absolute atomic E-state index is 0.277. The molecule has 2 atom stereocenters. The van der Waals surface area contributed by atoms with Crippen molar-refractivity contribution in [3.63, 3.8) is 0 Å². The van der Waals surface area contributed by atoms with E-state index in [1.165, 1.54) is 32.4 Å². The fourth-order valence-corrected chi connectivity index (χ4v) is 2.74. The van der Waals surface area contributed by atoms with Gasteiger partial charge in [0.05, 0.1) is 20.3 Å². The third-order valence-electron chi connectivity index (χ3n) is 3.97.